The molecule has 0 saturated heterocycles. The summed E-state index contributed by atoms with van der Waals surface area (Å²) in [6.45, 7) is 5.91. The Labute approximate surface area is 106 Å². The van der Waals surface area contributed by atoms with Gasteiger partial charge in [-0.15, -0.1) is 5.10 Å². The molecule has 1 unspecified atom stereocenters. The fourth-order valence-electron chi connectivity index (χ4n) is 1.91. The zero-order valence-electron chi connectivity index (χ0n) is 10.7. The minimum Gasteiger partial charge on any atom is -0.304 e. The van der Waals surface area contributed by atoms with Crippen LogP contribution in [0, 0.1) is 0 Å². The van der Waals surface area contributed by atoms with Gasteiger partial charge in [0.2, 0.25) is 0 Å². The third-order valence-corrected chi connectivity index (χ3v) is 2.69. The van der Waals surface area contributed by atoms with Gasteiger partial charge in [-0.3, -0.25) is 0 Å². The summed E-state index contributed by atoms with van der Waals surface area (Å²) in [5.74, 6) is 0. The molecule has 1 atom stereocenters. The van der Waals surface area contributed by atoms with Crippen LogP contribution in [0.3, 0.4) is 0 Å². The maximum absolute atomic E-state index is 4.31. The van der Waals surface area contributed by atoms with Crippen molar-refractivity contribution in [2.75, 3.05) is 6.54 Å². The van der Waals surface area contributed by atoms with Crippen molar-refractivity contribution in [2.45, 2.75) is 32.9 Å². The largest absolute Gasteiger partial charge is 0.304 e. The van der Waals surface area contributed by atoms with Crippen molar-refractivity contribution in [2.24, 2.45) is 0 Å². The number of nitrogens with one attached hydrogen (secondary N) is 1. The molecular weight excluding hydrogens is 228 g/mol. The first kappa shape index (κ1) is 12.6. The molecule has 2 aromatic rings. The molecule has 0 saturated carbocycles. The molecule has 6 heteroatoms. The summed E-state index contributed by atoms with van der Waals surface area (Å²) in [6, 6.07) is 1.93. The van der Waals surface area contributed by atoms with E-state index in [-0.39, 0.29) is 6.04 Å². The molecule has 0 aliphatic heterocycles. The van der Waals surface area contributed by atoms with E-state index in [9.17, 15) is 0 Å². The van der Waals surface area contributed by atoms with Crippen LogP contribution in [0.2, 0.25) is 0 Å². The standard InChI is InChI=1S/C12H18N6/c1-3-7-18-11(8-16-17-18)12(14-4-2)10-5-6-13-9-15-10/h5-6,8-9,12,14H,3-4,7H2,1-2H3. The molecule has 2 rings (SSSR count). The van der Waals surface area contributed by atoms with Crippen molar-refractivity contribution in [3.05, 3.63) is 36.2 Å². The molecule has 0 fully saturated rings. The Kier molecular flexibility index (Phi) is 4.35. The van der Waals surface area contributed by atoms with E-state index in [0.29, 0.717) is 0 Å². The van der Waals surface area contributed by atoms with Crippen LogP contribution in [0.25, 0.3) is 0 Å². The third kappa shape index (κ3) is 2.70. The maximum atomic E-state index is 4.31. The first-order valence-corrected chi connectivity index (χ1v) is 6.24. The van der Waals surface area contributed by atoms with Crippen LogP contribution in [0.5, 0.6) is 0 Å². The van der Waals surface area contributed by atoms with Gasteiger partial charge in [-0.05, 0) is 19.0 Å². The quantitative estimate of drug-likeness (QED) is 0.828. The maximum Gasteiger partial charge on any atom is 0.115 e. The molecule has 2 aromatic heterocycles. The summed E-state index contributed by atoms with van der Waals surface area (Å²) in [4.78, 5) is 8.26. The fraction of sp³-hybridized carbons (Fsp3) is 0.500. The highest BCUT2D eigenvalue weighted by molar-refractivity contribution is 5.18. The topological polar surface area (TPSA) is 68.5 Å². The molecule has 1 N–H and O–H groups in total. The van der Waals surface area contributed by atoms with Gasteiger partial charge >= 0.3 is 0 Å². The molecule has 0 spiro atoms. The van der Waals surface area contributed by atoms with E-state index >= 15 is 0 Å². The van der Waals surface area contributed by atoms with Crippen LogP contribution in [0.1, 0.15) is 37.7 Å². The summed E-state index contributed by atoms with van der Waals surface area (Å²) in [7, 11) is 0. The summed E-state index contributed by atoms with van der Waals surface area (Å²) in [5.41, 5.74) is 1.98. The van der Waals surface area contributed by atoms with Gasteiger partial charge in [0.25, 0.3) is 0 Å². The average molecular weight is 246 g/mol. The fourth-order valence-corrected chi connectivity index (χ4v) is 1.91. The van der Waals surface area contributed by atoms with Gasteiger partial charge in [-0.1, -0.05) is 19.1 Å². The lowest BCUT2D eigenvalue weighted by molar-refractivity contribution is 0.506. The molecule has 0 radical (unpaired) electrons. The Hall–Kier alpha value is -1.82. The third-order valence-electron chi connectivity index (χ3n) is 2.69. The summed E-state index contributed by atoms with van der Waals surface area (Å²) in [6.07, 6.45) is 6.14. The number of hydrogen-bond acceptors (Lipinski definition) is 5. The molecule has 0 amide bonds. The van der Waals surface area contributed by atoms with Gasteiger partial charge in [0.15, 0.2) is 0 Å². The second-order valence-corrected chi connectivity index (χ2v) is 4.01. The monoisotopic (exact) mass is 246 g/mol. The lowest BCUT2D eigenvalue weighted by Crippen LogP contribution is -2.25. The molecule has 18 heavy (non-hydrogen) atoms. The highest BCUT2D eigenvalue weighted by atomic mass is 15.4. The van der Waals surface area contributed by atoms with Crippen molar-refractivity contribution in [3.8, 4) is 0 Å². The molecular formula is C12H18N6. The Morgan fingerprint density at radius 1 is 1.39 bits per heavy atom. The first-order valence-electron chi connectivity index (χ1n) is 6.24. The summed E-state index contributed by atoms with van der Waals surface area (Å²) < 4.78 is 1.93. The van der Waals surface area contributed by atoms with Crippen LogP contribution in [-0.4, -0.2) is 31.5 Å². The lowest BCUT2D eigenvalue weighted by atomic mass is 10.1. The van der Waals surface area contributed by atoms with E-state index in [4.69, 9.17) is 0 Å². The second kappa shape index (κ2) is 6.20. The SMILES string of the molecule is CCCn1nncc1C(NCC)c1ccncn1. The molecule has 2 heterocycles. The highest BCUT2D eigenvalue weighted by Gasteiger charge is 2.19. The van der Waals surface area contributed by atoms with Gasteiger partial charge in [0.1, 0.15) is 6.33 Å². The zero-order valence-corrected chi connectivity index (χ0v) is 10.7. The van der Waals surface area contributed by atoms with Gasteiger partial charge < -0.3 is 5.32 Å². The van der Waals surface area contributed by atoms with E-state index in [0.717, 1.165) is 30.9 Å². The van der Waals surface area contributed by atoms with Crippen LogP contribution >= 0.6 is 0 Å². The van der Waals surface area contributed by atoms with Crippen molar-refractivity contribution < 1.29 is 0 Å². The van der Waals surface area contributed by atoms with E-state index in [1.807, 2.05) is 10.7 Å². The van der Waals surface area contributed by atoms with Crippen molar-refractivity contribution >= 4 is 0 Å². The van der Waals surface area contributed by atoms with E-state index in [1.54, 1.807) is 18.7 Å². The number of aryl methyl sites for hydroxylation is 1. The Bertz CT molecular complexity index is 466. The molecule has 0 aliphatic rings. The summed E-state index contributed by atoms with van der Waals surface area (Å²) in [5, 5.41) is 11.5. The normalized spacial score (nSPS) is 12.6. The average Bonchev–Trinajstić information content (AvgIpc) is 2.85. The van der Waals surface area contributed by atoms with E-state index in [2.05, 4.69) is 39.4 Å². The van der Waals surface area contributed by atoms with Crippen molar-refractivity contribution in [1.82, 2.24) is 30.3 Å². The van der Waals surface area contributed by atoms with Crippen LogP contribution < -0.4 is 5.32 Å². The first-order chi connectivity index (χ1) is 8.86. The zero-order chi connectivity index (χ0) is 12.8. The highest BCUT2D eigenvalue weighted by Crippen LogP contribution is 2.18. The predicted molar refractivity (Wildman–Crippen MR) is 67.9 cm³/mol. The Morgan fingerprint density at radius 3 is 2.94 bits per heavy atom. The second-order valence-electron chi connectivity index (χ2n) is 4.01. The minimum atomic E-state index is 0.0135. The number of rotatable bonds is 6. The van der Waals surface area contributed by atoms with Crippen molar-refractivity contribution in [3.63, 3.8) is 0 Å². The Morgan fingerprint density at radius 2 is 2.28 bits per heavy atom. The van der Waals surface area contributed by atoms with Crippen molar-refractivity contribution in [1.29, 1.82) is 0 Å². The summed E-state index contributed by atoms with van der Waals surface area (Å²) >= 11 is 0. The predicted octanol–water partition coefficient (Wildman–Crippen LogP) is 1.18. The van der Waals surface area contributed by atoms with E-state index in [1.165, 1.54) is 0 Å². The van der Waals surface area contributed by atoms with Crippen LogP contribution in [-0.2, 0) is 6.54 Å². The Balaban J connectivity index is 2.32. The molecule has 0 aliphatic carbocycles. The molecule has 96 valence electrons. The van der Waals surface area contributed by atoms with Gasteiger partial charge in [-0.25, -0.2) is 14.6 Å². The number of aromatic nitrogens is 5. The van der Waals surface area contributed by atoms with Gasteiger partial charge in [-0.2, -0.15) is 0 Å². The minimum absolute atomic E-state index is 0.0135. The van der Waals surface area contributed by atoms with Gasteiger partial charge in [0.05, 0.1) is 23.6 Å². The molecule has 0 aromatic carbocycles. The molecule has 0 bridgehead atoms. The van der Waals surface area contributed by atoms with Crippen LogP contribution in [0.15, 0.2) is 24.8 Å². The molecule has 6 nitrogen and oxygen atoms in total. The number of hydrogen-bond donors (Lipinski definition) is 1. The lowest BCUT2D eigenvalue weighted by Gasteiger charge is -2.17. The van der Waals surface area contributed by atoms with Gasteiger partial charge in [0, 0.05) is 12.7 Å². The van der Waals surface area contributed by atoms with E-state index < -0.39 is 0 Å². The number of nitrogens with zero attached hydrogens (tertiary/aromatic N) is 5. The smallest absolute Gasteiger partial charge is 0.115 e. The van der Waals surface area contributed by atoms with Crippen LogP contribution in [0.4, 0.5) is 0 Å².